The molecule has 4 heterocycles. The summed E-state index contributed by atoms with van der Waals surface area (Å²) >= 11 is 0. The summed E-state index contributed by atoms with van der Waals surface area (Å²) in [5, 5.41) is 11.2. The Morgan fingerprint density at radius 2 is 2.00 bits per heavy atom. The van der Waals surface area contributed by atoms with Crippen molar-refractivity contribution in [1.29, 1.82) is 0 Å². The van der Waals surface area contributed by atoms with Crippen LogP contribution in [0.25, 0.3) is 11.0 Å². The maximum absolute atomic E-state index is 5.51. The molecule has 3 aromatic heterocycles. The van der Waals surface area contributed by atoms with Gasteiger partial charge in [0.05, 0.1) is 20.3 Å². The van der Waals surface area contributed by atoms with E-state index in [1.165, 1.54) is 6.33 Å². The topological polar surface area (TPSA) is 115 Å². The van der Waals surface area contributed by atoms with Gasteiger partial charge in [0.25, 0.3) is 5.88 Å². The normalized spacial score (nSPS) is 13.4. The Hall–Kier alpha value is -2.47. The molecular formula is C18H27Cl2N9O2. The van der Waals surface area contributed by atoms with Crippen LogP contribution in [0.5, 0.6) is 5.88 Å². The van der Waals surface area contributed by atoms with Gasteiger partial charge in [-0.3, -0.25) is 4.68 Å². The summed E-state index contributed by atoms with van der Waals surface area (Å²) in [6.07, 6.45) is 3.17. The summed E-state index contributed by atoms with van der Waals surface area (Å²) < 4.78 is 12.8. The van der Waals surface area contributed by atoms with Crippen LogP contribution in [-0.2, 0) is 11.3 Å². The van der Waals surface area contributed by atoms with Crippen molar-refractivity contribution in [2.45, 2.75) is 13.5 Å². The standard InChI is InChI=1S/C18H25N9O2.2ClH/c1-3-29-11-10-27-15-14(17(25-27)28-2)23-18(26-8-6-19-7-9-26)24-16(15)22-13-4-5-20-12-21-13;;/h4-5,12,19H,3,6-11H2,1-2H3,(H,20,21,22,23,24);2*1H. The molecule has 0 aliphatic carbocycles. The second-order valence-electron chi connectivity index (χ2n) is 6.46. The number of piperazine rings is 1. The Balaban J connectivity index is 0.00000171. The largest absolute Gasteiger partial charge is 0.478 e. The summed E-state index contributed by atoms with van der Waals surface area (Å²) in [7, 11) is 1.60. The molecule has 2 N–H and O–H groups in total. The lowest BCUT2D eigenvalue weighted by molar-refractivity contribution is 0.137. The summed E-state index contributed by atoms with van der Waals surface area (Å²) in [5.41, 5.74) is 1.41. The van der Waals surface area contributed by atoms with E-state index in [9.17, 15) is 0 Å². The van der Waals surface area contributed by atoms with Gasteiger partial charge in [-0.05, 0) is 13.0 Å². The van der Waals surface area contributed by atoms with Crippen molar-refractivity contribution in [3.05, 3.63) is 18.6 Å². The van der Waals surface area contributed by atoms with E-state index >= 15 is 0 Å². The molecule has 0 bridgehead atoms. The smallest absolute Gasteiger partial charge is 0.259 e. The fraction of sp³-hybridized carbons (Fsp3) is 0.500. The quantitative estimate of drug-likeness (QED) is 0.469. The third-order valence-corrected chi connectivity index (χ3v) is 4.62. The number of anilines is 3. The van der Waals surface area contributed by atoms with Gasteiger partial charge in [0.1, 0.15) is 17.7 Å². The van der Waals surface area contributed by atoms with Crippen molar-refractivity contribution in [3.8, 4) is 5.88 Å². The minimum absolute atomic E-state index is 0. The molecule has 4 rings (SSSR count). The van der Waals surface area contributed by atoms with E-state index in [0.717, 1.165) is 31.7 Å². The zero-order chi connectivity index (χ0) is 20.1. The number of halogens is 2. The van der Waals surface area contributed by atoms with Crippen molar-refractivity contribution < 1.29 is 9.47 Å². The number of nitrogens with zero attached hydrogens (tertiary/aromatic N) is 7. The van der Waals surface area contributed by atoms with Crippen LogP contribution >= 0.6 is 24.8 Å². The van der Waals surface area contributed by atoms with Gasteiger partial charge in [-0.1, -0.05) is 0 Å². The maximum atomic E-state index is 5.51. The van der Waals surface area contributed by atoms with Crippen LogP contribution in [0.1, 0.15) is 6.92 Å². The molecule has 0 aromatic carbocycles. The molecule has 170 valence electrons. The molecule has 1 aliphatic rings. The van der Waals surface area contributed by atoms with Crippen LogP contribution in [-0.4, -0.2) is 76.2 Å². The SMILES string of the molecule is CCOCCn1nc(OC)c2nc(N3CCNCC3)nc(Nc3ccncn3)c21.Cl.Cl. The second kappa shape index (κ2) is 11.8. The third kappa shape index (κ3) is 5.62. The molecule has 0 spiro atoms. The van der Waals surface area contributed by atoms with Gasteiger partial charge < -0.3 is 25.0 Å². The summed E-state index contributed by atoms with van der Waals surface area (Å²) in [5.74, 6) is 2.36. The lowest BCUT2D eigenvalue weighted by atomic mass is 10.3. The number of fused-ring (bicyclic) bond motifs is 1. The molecule has 1 fully saturated rings. The van der Waals surface area contributed by atoms with E-state index in [2.05, 4.69) is 30.6 Å². The lowest BCUT2D eigenvalue weighted by Gasteiger charge is -2.27. The molecule has 0 saturated carbocycles. The average molecular weight is 472 g/mol. The van der Waals surface area contributed by atoms with Gasteiger partial charge >= 0.3 is 0 Å². The second-order valence-corrected chi connectivity index (χ2v) is 6.46. The predicted octanol–water partition coefficient (Wildman–Crippen LogP) is 1.66. The van der Waals surface area contributed by atoms with Crippen molar-refractivity contribution >= 4 is 53.4 Å². The van der Waals surface area contributed by atoms with Gasteiger partial charge in [-0.15, -0.1) is 29.9 Å². The predicted molar refractivity (Wildman–Crippen MR) is 123 cm³/mol. The molecule has 0 radical (unpaired) electrons. The fourth-order valence-electron chi connectivity index (χ4n) is 3.22. The summed E-state index contributed by atoms with van der Waals surface area (Å²) in [6, 6.07) is 1.79. The molecule has 1 aliphatic heterocycles. The Bertz CT molecular complexity index is 952. The Morgan fingerprint density at radius 3 is 2.68 bits per heavy atom. The molecular weight excluding hydrogens is 445 g/mol. The van der Waals surface area contributed by atoms with Crippen LogP contribution < -0.4 is 20.3 Å². The minimum Gasteiger partial charge on any atom is -0.478 e. The number of hydrogen-bond donors (Lipinski definition) is 2. The molecule has 0 amide bonds. The third-order valence-electron chi connectivity index (χ3n) is 4.62. The number of hydrogen-bond acceptors (Lipinski definition) is 10. The van der Waals surface area contributed by atoms with Gasteiger partial charge in [0.15, 0.2) is 11.3 Å². The van der Waals surface area contributed by atoms with E-state index in [-0.39, 0.29) is 24.8 Å². The zero-order valence-corrected chi connectivity index (χ0v) is 19.1. The van der Waals surface area contributed by atoms with Crippen molar-refractivity contribution in [2.75, 3.05) is 56.7 Å². The van der Waals surface area contributed by atoms with E-state index in [0.29, 0.717) is 48.7 Å². The molecule has 1 saturated heterocycles. The molecule has 3 aromatic rings. The van der Waals surface area contributed by atoms with Crippen molar-refractivity contribution in [2.24, 2.45) is 0 Å². The number of nitrogens with one attached hydrogen (secondary N) is 2. The molecule has 0 atom stereocenters. The Labute approximate surface area is 192 Å². The van der Waals surface area contributed by atoms with Crippen LogP contribution in [0.2, 0.25) is 0 Å². The molecule has 0 unspecified atom stereocenters. The van der Waals surface area contributed by atoms with Crippen LogP contribution in [0.15, 0.2) is 18.6 Å². The first-order valence-electron chi connectivity index (χ1n) is 9.69. The van der Waals surface area contributed by atoms with Crippen molar-refractivity contribution in [1.82, 2.24) is 35.0 Å². The first-order valence-corrected chi connectivity index (χ1v) is 9.69. The molecule has 11 nitrogen and oxygen atoms in total. The highest BCUT2D eigenvalue weighted by atomic mass is 35.5. The van der Waals surface area contributed by atoms with Gasteiger partial charge in [0.2, 0.25) is 5.95 Å². The van der Waals surface area contributed by atoms with E-state index in [4.69, 9.17) is 19.4 Å². The summed E-state index contributed by atoms with van der Waals surface area (Å²) in [6.45, 7) is 7.14. The van der Waals surface area contributed by atoms with Crippen molar-refractivity contribution in [3.63, 3.8) is 0 Å². The van der Waals surface area contributed by atoms with Crippen LogP contribution in [0.4, 0.5) is 17.6 Å². The van der Waals surface area contributed by atoms with Crippen LogP contribution in [0, 0.1) is 0 Å². The number of methoxy groups -OCH3 is 1. The first kappa shape index (κ1) is 24.8. The number of ether oxygens (including phenoxy) is 2. The van der Waals surface area contributed by atoms with Gasteiger partial charge in [0, 0.05) is 39.0 Å². The highest BCUT2D eigenvalue weighted by Gasteiger charge is 2.23. The van der Waals surface area contributed by atoms with E-state index in [1.54, 1.807) is 19.4 Å². The highest BCUT2D eigenvalue weighted by molar-refractivity contribution is 5.92. The maximum Gasteiger partial charge on any atom is 0.259 e. The van der Waals surface area contributed by atoms with Gasteiger partial charge in [-0.2, -0.15) is 4.98 Å². The van der Waals surface area contributed by atoms with E-state index < -0.39 is 0 Å². The molecule has 13 heteroatoms. The number of rotatable bonds is 8. The average Bonchev–Trinajstić information content (AvgIpc) is 3.13. The van der Waals surface area contributed by atoms with Gasteiger partial charge in [-0.25, -0.2) is 15.0 Å². The molecule has 31 heavy (non-hydrogen) atoms. The number of aromatic nitrogens is 6. The lowest BCUT2D eigenvalue weighted by Crippen LogP contribution is -2.44. The Morgan fingerprint density at radius 1 is 1.19 bits per heavy atom. The van der Waals surface area contributed by atoms with Crippen LogP contribution in [0.3, 0.4) is 0 Å². The zero-order valence-electron chi connectivity index (χ0n) is 17.4. The minimum atomic E-state index is 0. The monoisotopic (exact) mass is 471 g/mol. The fourth-order valence-corrected chi connectivity index (χ4v) is 3.22. The van der Waals surface area contributed by atoms with E-state index in [1.807, 2.05) is 11.6 Å². The summed E-state index contributed by atoms with van der Waals surface area (Å²) in [4.78, 5) is 20.0. The Kier molecular flexibility index (Phi) is 9.44. The first-order chi connectivity index (χ1) is 14.3. The highest BCUT2D eigenvalue weighted by Crippen LogP contribution is 2.31.